The van der Waals surface area contributed by atoms with Gasteiger partial charge in [0.05, 0.1) is 0 Å². The van der Waals surface area contributed by atoms with Gasteiger partial charge in [-0.1, -0.05) is 86.8 Å². The van der Waals surface area contributed by atoms with Gasteiger partial charge in [-0.25, -0.2) is 4.79 Å². The summed E-state index contributed by atoms with van der Waals surface area (Å²) in [5.74, 6) is 0.895. The monoisotopic (exact) mass is 671 g/mol. The summed E-state index contributed by atoms with van der Waals surface area (Å²) in [6.07, 6.45) is 8.32. The number of hydrogen-bond acceptors (Lipinski definition) is 8. The normalized spacial score (nSPS) is 21.7. The van der Waals surface area contributed by atoms with Crippen molar-refractivity contribution < 1.29 is 33.5 Å². The zero-order valence-corrected chi connectivity index (χ0v) is 28.2. The van der Waals surface area contributed by atoms with Gasteiger partial charge in [-0.05, 0) is 48.6 Å². The summed E-state index contributed by atoms with van der Waals surface area (Å²) in [5, 5.41) is 11.7. The first-order valence-electron chi connectivity index (χ1n) is 15.8. The van der Waals surface area contributed by atoms with Crippen LogP contribution in [0.4, 0.5) is 0 Å². The molecule has 10 nitrogen and oxygen atoms in total. The number of rotatable bonds is 14. The summed E-state index contributed by atoms with van der Waals surface area (Å²) < 4.78 is 23.0. The van der Waals surface area contributed by atoms with Crippen LogP contribution < -0.4 is 20.5 Å². The van der Waals surface area contributed by atoms with Crippen molar-refractivity contribution in [2.24, 2.45) is 5.73 Å². The zero-order chi connectivity index (χ0) is 33.2. The van der Waals surface area contributed by atoms with Gasteiger partial charge >= 0.3 is 5.97 Å². The highest BCUT2D eigenvalue weighted by Crippen LogP contribution is 2.40. The number of fused-ring (bicyclic) bond motifs is 2. The van der Waals surface area contributed by atoms with Gasteiger partial charge in [0.25, 0.3) is 0 Å². The van der Waals surface area contributed by atoms with E-state index in [1.807, 2.05) is 24.3 Å². The number of carbonyl (C=O) groups is 3. The number of nitrogens with zero attached hydrogens (tertiary/aromatic N) is 1. The molecule has 0 aliphatic carbocycles. The number of benzene rings is 2. The van der Waals surface area contributed by atoms with Crippen LogP contribution in [0.1, 0.15) is 69.5 Å². The third-order valence-corrected chi connectivity index (χ3v) is 11.4. The average Bonchev–Trinajstić information content (AvgIpc) is 3.53. The molecule has 3 aliphatic rings. The van der Waals surface area contributed by atoms with Crippen LogP contribution in [0, 0.1) is 0 Å². The van der Waals surface area contributed by atoms with Gasteiger partial charge in [0.1, 0.15) is 28.5 Å². The van der Waals surface area contributed by atoms with Crippen molar-refractivity contribution in [2.75, 3.05) is 18.3 Å². The second-order valence-corrected chi connectivity index (χ2v) is 14.9. The molecule has 2 fully saturated rings. The van der Waals surface area contributed by atoms with Crippen LogP contribution in [-0.2, 0) is 32.0 Å². The third kappa shape index (κ3) is 8.99. The highest BCUT2D eigenvalue weighted by atomic mass is 32.2. The number of ether oxygens (including phenoxy) is 2. The molecule has 0 spiro atoms. The van der Waals surface area contributed by atoms with E-state index in [0.29, 0.717) is 23.7 Å². The Balaban J connectivity index is 0.000000210. The summed E-state index contributed by atoms with van der Waals surface area (Å²) in [4.78, 5) is 37.2. The fourth-order valence-corrected chi connectivity index (χ4v) is 8.18. The van der Waals surface area contributed by atoms with Gasteiger partial charge in [0.15, 0.2) is 17.5 Å². The number of amides is 2. The molecule has 5 rings (SSSR count). The lowest BCUT2D eigenvalue weighted by molar-refractivity contribution is -0.160. The standard InChI is InChI=1S/C18H28O3S.C16H17N3O4S/c1-3-4-5-6-7-8-11-22(19)15(2)12-16-9-10-17-18(13-16)21-14-20-17;1-8-7-24-15-11(14(21)19(15)12(8)16(22)23)18-13(20)10(17)9-5-3-2-4-6-9/h9-10,13,15H,3-8,11-12,14H2,1-2H3;2-6,10-12,15H,1,7,17H2,(H,18,20)(H,22,23)/t;10?,11?,12?,15-/m.1/s1. The number of thioether (sulfide) groups is 1. The first-order chi connectivity index (χ1) is 22.1. The van der Waals surface area contributed by atoms with Crippen molar-refractivity contribution in [3.05, 3.63) is 71.8 Å². The quantitative estimate of drug-likeness (QED) is 0.114. The van der Waals surface area contributed by atoms with Crippen LogP contribution in [0.5, 0.6) is 11.5 Å². The van der Waals surface area contributed by atoms with E-state index in [1.54, 1.807) is 24.3 Å². The number of nitrogens with one attached hydrogen (secondary N) is 1. The van der Waals surface area contributed by atoms with Crippen LogP contribution in [0.25, 0.3) is 0 Å². The smallest absolute Gasteiger partial charge is 0.330 e. The van der Waals surface area contributed by atoms with Gasteiger partial charge < -0.3 is 35.1 Å². The predicted molar refractivity (Wildman–Crippen MR) is 181 cm³/mol. The molecule has 2 amide bonds. The van der Waals surface area contributed by atoms with E-state index in [-0.39, 0.29) is 5.25 Å². The minimum Gasteiger partial charge on any atom is -0.616 e. The van der Waals surface area contributed by atoms with E-state index in [4.69, 9.17) is 15.2 Å². The molecule has 46 heavy (non-hydrogen) atoms. The number of β-lactam (4-membered cyclic amide) rings is 1. The molecule has 2 saturated heterocycles. The lowest BCUT2D eigenvalue weighted by atomic mass is 9.98. The predicted octanol–water partition coefficient (Wildman–Crippen LogP) is 4.55. The van der Waals surface area contributed by atoms with E-state index in [0.717, 1.165) is 30.1 Å². The van der Waals surface area contributed by atoms with E-state index < -0.39 is 52.5 Å². The Hall–Kier alpha value is -3.19. The molecule has 250 valence electrons. The van der Waals surface area contributed by atoms with Crippen molar-refractivity contribution in [3.8, 4) is 11.5 Å². The molecule has 0 aromatic heterocycles. The summed E-state index contributed by atoms with van der Waals surface area (Å²) in [6, 6.07) is 12.2. The van der Waals surface area contributed by atoms with E-state index in [9.17, 15) is 24.0 Å². The van der Waals surface area contributed by atoms with Crippen molar-refractivity contribution in [1.82, 2.24) is 10.2 Å². The van der Waals surface area contributed by atoms with Gasteiger partial charge in [0.2, 0.25) is 18.6 Å². The van der Waals surface area contributed by atoms with Crippen LogP contribution in [-0.4, -0.2) is 73.3 Å². The zero-order valence-electron chi connectivity index (χ0n) is 26.5. The number of aliphatic carboxylic acids is 1. The number of hydrogen-bond donors (Lipinski definition) is 3. The Morgan fingerprint density at radius 1 is 1.13 bits per heavy atom. The number of carboxylic acids is 1. The first-order valence-corrected chi connectivity index (χ1v) is 18.3. The molecular weight excluding hydrogens is 627 g/mol. The number of carboxylic acid groups (broad SMARTS) is 1. The van der Waals surface area contributed by atoms with Gasteiger partial charge in [-0.3, -0.25) is 9.59 Å². The Labute approximate surface area is 278 Å². The fourth-order valence-electron chi connectivity index (χ4n) is 5.61. The van der Waals surface area contributed by atoms with Crippen LogP contribution >= 0.6 is 11.8 Å². The maximum Gasteiger partial charge on any atom is 0.330 e. The van der Waals surface area contributed by atoms with Crippen LogP contribution in [0.3, 0.4) is 0 Å². The molecule has 12 heteroatoms. The second-order valence-electron chi connectivity index (χ2n) is 11.8. The van der Waals surface area contributed by atoms with E-state index in [1.165, 1.54) is 54.3 Å². The molecule has 6 atom stereocenters. The SMILES string of the molecule is C=C1CS[C@@H]2C(NC(=O)C(N)c3ccccc3)C(=O)N2C1C(=O)O.CCCCCCCC[S+]([O-])C(C)Cc1ccc2c(c1)OCO2. The molecule has 0 radical (unpaired) electrons. The topological polar surface area (TPSA) is 154 Å². The molecule has 3 heterocycles. The first kappa shape index (κ1) is 35.7. The number of unbranched alkanes of at least 4 members (excludes halogenated alkanes) is 5. The van der Waals surface area contributed by atoms with Crippen molar-refractivity contribution in [3.63, 3.8) is 0 Å². The van der Waals surface area contributed by atoms with Gasteiger partial charge in [0, 0.05) is 12.2 Å². The van der Waals surface area contributed by atoms with Crippen molar-refractivity contribution in [2.45, 2.75) is 87.5 Å². The lowest BCUT2D eigenvalue weighted by Crippen LogP contribution is -2.74. The Morgan fingerprint density at radius 3 is 2.54 bits per heavy atom. The molecule has 5 unspecified atom stereocenters. The number of nitrogens with two attached hydrogens (primary N) is 1. The molecule has 0 bridgehead atoms. The van der Waals surface area contributed by atoms with E-state index in [2.05, 4.69) is 25.7 Å². The maximum absolute atomic E-state index is 12.3. The molecule has 0 saturated carbocycles. The third-order valence-electron chi connectivity index (χ3n) is 8.27. The average molecular weight is 672 g/mol. The van der Waals surface area contributed by atoms with Crippen molar-refractivity contribution >= 4 is 40.7 Å². The van der Waals surface area contributed by atoms with Gasteiger partial charge in [-0.2, -0.15) is 0 Å². The molecular formula is C34H45N3O7S2. The van der Waals surface area contributed by atoms with Crippen molar-refractivity contribution in [1.29, 1.82) is 0 Å². The fraction of sp³-hybridized carbons (Fsp3) is 0.500. The molecule has 2 aromatic rings. The van der Waals surface area contributed by atoms with Crippen LogP contribution in [0.2, 0.25) is 0 Å². The summed E-state index contributed by atoms with van der Waals surface area (Å²) in [6.45, 7) is 8.34. The lowest BCUT2D eigenvalue weighted by Gasteiger charge is -2.52. The Kier molecular flexibility index (Phi) is 13.3. The molecule has 4 N–H and O–H groups in total. The Morgan fingerprint density at radius 2 is 1.83 bits per heavy atom. The molecule has 3 aliphatic heterocycles. The minimum absolute atomic E-state index is 0.191. The Bertz CT molecular complexity index is 1360. The highest BCUT2D eigenvalue weighted by Gasteiger charge is 2.56. The largest absolute Gasteiger partial charge is 0.616 e. The van der Waals surface area contributed by atoms with Gasteiger partial charge in [-0.15, -0.1) is 11.8 Å². The number of carbonyl (C=O) groups excluding carboxylic acids is 2. The maximum atomic E-state index is 12.3. The van der Waals surface area contributed by atoms with E-state index >= 15 is 0 Å². The second kappa shape index (κ2) is 17.1. The minimum atomic E-state index is -1.11. The summed E-state index contributed by atoms with van der Waals surface area (Å²) in [7, 11) is 0. The summed E-state index contributed by atoms with van der Waals surface area (Å²) >= 11 is 0.647. The highest BCUT2D eigenvalue weighted by molar-refractivity contribution is 8.00. The molecule has 2 aromatic carbocycles. The summed E-state index contributed by atoms with van der Waals surface area (Å²) in [5.41, 5.74) is 8.22. The van der Waals surface area contributed by atoms with Crippen LogP contribution in [0.15, 0.2) is 60.7 Å².